The first-order chi connectivity index (χ1) is 10.1. The van der Waals surface area contributed by atoms with Gasteiger partial charge in [-0.3, -0.25) is 0 Å². The molecule has 1 atom stereocenters. The molecule has 2 aliphatic heterocycles. The molecular weight excluding hydrogens is 336 g/mol. The van der Waals surface area contributed by atoms with Crippen molar-refractivity contribution in [2.75, 3.05) is 6.61 Å². The van der Waals surface area contributed by atoms with E-state index in [4.69, 9.17) is 13.9 Å². The van der Waals surface area contributed by atoms with E-state index in [0.29, 0.717) is 23.7 Å². The van der Waals surface area contributed by atoms with Crippen LogP contribution in [0.5, 0.6) is 11.5 Å². The molecule has 0 bridgehead atoms. The minimum Gasteiger partial charge on any atom is -0.489 e. The molecule has 0 saturated carbocycles. The molecule has 2 aromatic rings. The van der Waals surface area contributed by atoms with E-state index in [1.165, 1.54) is 0 Å². The van der Waals surface area contributed by atoms with Crippen molar-refractivity contribution in [3.05, 3.63) is 67.9 Å². The predicted molar refractivity (Wildman–Crippen MR) is 79.9 cm³/mol. The number of rotatable bonds is 0. The van der Waals surface area contributed by atoms with E-state index in [-0.39, 0.29) is 11.5 Å². The Labute approximate surface area is 129 Å². The zero-order chi connectivity index (χ0) is 14.6. The maximum Gasteiger partial charge on any atom is 0.343 e. The van der Waals surface area contributed by atoms with E-state index in [2.05, 4.69) is 15.9 Å². The summed E-state index contributed by atoms with van der Waals surface area (Å²) in [6.07, 6.45) is 1.68. The fourth-order valence-corrected chi connectivity index (χ4v) is 3.23. The SMILES string of the molecule is Cc1cc2c(c(=O)o1)C1C(=CO2)COc2ccc(Br)cc21. The summed E-state index contributed by atoms with van der Waals surface area (Å²) in [6.45, 7) is 2.14. The maximum absolute atomic E-state index is 12.3. The molecule has 2 aliphatic rings. The molecule has 106 valence electrons. The first-order valence-corrected chi connectivity index (χ1v) is 7.35. The van der Waals surface area contributed by atoms with Crippen molar-refractivity contribution in [1.82, 2.24) is 0 Å². The summed E-state index contributed by atoms with van der Waals surface area (Å²) < 4.78 is 17.5. The van der Waals surface area contributed by atoms with Crippen molar-refractivity contribution in [2.24, 2.45) is 0 Å². The average Bonchev–Trinajstić information content (AvgIpc) is 2.46. The van der Waals surface area contributed by atoms with Gasteiger partial charge in [-0.1, -0.05) is 15.9 Å². The summed E-state index contributed by atoms with van der Waals surface area (Å²) >= 11 is 3.47. The minimum atomic E-state index is -0.353. The highest BCUT2D eigenvalue weighted by atomic mass is 79.9. The van der Waals surface area contributed by atoms with Crippen molar-refractivity contribution in [3.63, 3.8) is 0 Å². The summed E-state index contributed by atoms with van der Waals surface area (Å²) in [6, 6.07) is 7.55. The van der Waals surface area contributed by atoms with Gasteiger partial charge < -0.3 is 13.9 Å². The average molecular weight is 347 g/mol. The lowest BCUT2D eigenvalue weighted by atomic mass is 9.83. The van der Waals surface area contributed by atoms with Gasteiger partial charge in [-0.15, -0.1) is 0 Å². The number of benzene rings is 1. The highest BCUT2D eigenvalue weighted by Crippen LogP contribution is 2.46. The van der Waals surface area contributed by atoms with Crippen LogP contribution in [0.2, 0.25) is 0 Å². The molecular formula is C16H11BrO4. The molecule has 0 radical (unpaired) electrons. The van der Waals surface area contributed by atoms with Crippen LogP contribution in [0, 0.1) is 6.92 Å². The molecule has 1 aromatic carbocycles. The van der Waals surface area contributed by atoms with Crippen LogP contribution in [0.25, 0.3) is 0 Å². The molecule has 0 spiro atoms. The molecule has 1 aromatic heterocycles. The van der Waals surface area contributed by atoms with Crippen LogP contribution in [0.3, 0.4) is 0 Å². The van der Waals surface area contributed by atoms with Gasteiger partial charge in [0.1, 0.15) is 23.9 Å². The van der Waals surface area contributed by atoms with Gasteiger partial charge in [-0.2, -0.15) is 0 Å². The second-order valence-corrected chi connectivity index (χ2v) is 6.05. The van der Waals surface area contributed by atoms with Crippen molar-refractivity contribution < 1.29 is 13.9 Å². The molecule has 4 nitrogen and oxygen atoms in total. The lowest BCUT2D eigenvalue weighted by Crippen LogP contribution is -2.27. The van der Waals surface area contributed by atoms with E-state index in [9.17, 15) is 4.79 Å². The molecule has 3 heterocycles. The first kappa shape index (κ1) is 12.7. The number of hydrogen-bond donors (Lipinski definition) is 0. The third-order valence-electron chi connectivity index (χ3n) is 3.75. The van der Waals surface area contributed by atoms with Crippen LogP contribution in [0.1, 0.15) is 22.8 Å². The van der Waals surface area contributed by atoms with E-state index >= 15 is 0 Å². The van der Waals surface area contributed by atoms with Gasteiger partial charge in [0.25, 0.3) is 0 Å². The Morgan fingerprint density at radius 3 is 2.95 bits per heavy atom. The lowest BCUT2D eigenvalue weighted by molar-refractivity contribution is 0.304. The summed E-state index contributed by atoms with van der Waals surface area (Å²) in [5.41, 5.74) is 2.06. The number of hydrogen-bond acceptors (Lipinski definition) is 4. The predicted octanol–water partition coefficient (Wildman–Crippen LogP) is 3.51. The van der Waals surface area contributed by atoms with Crippen LogP contribution in [-0.4, -0.2) is 6.61 Å². The van der Waals surface area contributed by atoms with Gasteiger partial charge in [-0.25, -0.2) is 4.79 Å². The molecule has 4 rings (SSSR count). The van der Waals surface area contributed by atoms with Crippen molar-refractivity contribution in [3.8, 4) is 11.5 Å². The largest absolute Gasteiger partial charge is 0.489 e. The summed E-state index contributed by atoms with van der Waals surface area (Å²) in [5.74, 6) is 1.71. The molecule has 21 heavy (non-hydrogen) atoms. The molecule has 0 N–H and O–H groups in total. The van der Waals surface area contributed by atoms with Gasteiger partial charge in [0.15, 0.2) is 0 Å². The van der Waals surface area contributed by atoms with E-state index < -0.39 is 0 Å². The Kier molecular flexibility index (Phi) is 2.72. The van der Waals surface area contributed by atoms with E-state index in [1.807, 2.05) is 18.2 Å². The highest BCUT2D eigenvalue weighted by molar-refractivity contribution is 9.10. The normalized spacial score (nSPS) is 18.6. The fraction of sp³-hybridized carbons (Fsp3) is 0.188. The molecule has 0 amide bonds. The lowest BCUT2D eigenvalue weighted by Gasteiger charge is -2.31. The molecule has 0 aliphatic carbocycles. The Bertz CT molecular complexity index is 835. The van der Waals surface area contributed by atoms with Crippen LogP contribution in [0.4, 0.5) is 0 Å². The van der Waals surface area contributed by atoms with Crippen molar-refractivity contribution >= 4 is 15.9 Å². The van der Waals surface area contributed by atoms with Crippen LogP contribution in [0.15, 0.2) is 49.8 Å². The Hall–Kier alpha value is -2.01. The second kappa shape index (κ2) is 4.49. The van der Waals surface area contributed by atoms with Crippen LogP contribution < -0.4 is 15.1 Å². The Morgan fingerprint density at radius 1 is 1.24 bits per heavy atom. The van der Waals surface area contributed by atoms with E-state index in [0.717, 1.165) is 21.4 Å². The second-order valence-electron chi connectivity index (χ2n) is 5.14. The van der Waals surface area contributed by atoms with E-state index in [1.54, 1.807) is 19.3 Å². The zero-order valence-corrected chi connectivity index (χ0v) is 12.8. The fourth-order valence-electron chi connectivity index (χ4n) is 2.85. The van der Waals surface area contributed by atoms with Crippen LogP contribution in [-0.2, 0) is 0 Å². The smallest absolute Gasteiger partial charge is 0.343 e. The van der Waals surface area contributed by atoms with Gasteiger partial charge in [0.05, 0.1) is 17.7 Å². The first-order valence-electron chi connectivity index (χ1n) is 6.56. The number of ether oxygens (including phenoxy) is 2. The van der Waals surface area contributed by atoms with Crippen molar-refractivity contribution in [1.29, 1.82) is 0 Å². The summed E-state index contributed by atoms with van der Waals surface area (Å²) in [4.78, 5) is 12.3. The van der Waals surface area contributed by atoms with Gasteiger partial charge in [-0.05, 0) is 25.1 Å². The maximum atomic E-state index is 12.3. The number of halogens is 1. The molecule has 5 heteroatoms. The molecule has 0 fully saturated rings. The van der Waals surface area contributed by atoms with Crippen LogP contribution >= 0.6 is 15.9 Å². The third-order valence-corrected chi connectivity index (χ3v) is 4.24. The third kappa shape index (κ3) is 1.92. The highest BCUT2D eigenvalue weighted by Gasteiger charge is 2.35. The number of fused-ring (bicyclic) bond motifs is 5. The van der Waals surface area contributed by atoms with Gasteiger partial charge in [0.2, 0.25) is 0 Å². The monoisotopic (exact) mass is 346 g/mol. The number of aryl methyl sites for hydroxylation is 1. The quantitative estimate of drug-likeness (QED) is 0.732. The molecule has 1 unspecified atom stereocenters. The van der Waals surface area contributed by atoms with Crippen molar-refractivity contribution in [2.45, 2.75) is 12.8 Å². The Morgan fingerprint density at radius 2 is 2.10 bits per heavy atom. The molecule has 0 saturated heterocycles. The summed E-state index contributed by atoms with van der Waals surface area (Å²) in [5, 5.41) is 0. The summed E-state index contributed by atoms with van der Waals surface area (Å²) in [7, 11) is 0. The van der Waals surface area contributed by atoms with Gasteiger partial charge >= 0.3 is 5.63 Å². The Balaban J connectivity index is 2.00. The zero-order valence-electron chi connectivity index (χ0n) is 11.2. The van der Waals surface area contributed by atoms with Gasteiger partial charge in [0, 0.05) is 21.7 Å². The topological polar surface area (TPSA) is 48.7 Å². The minimum absolute atomic E-state index is 0.174. The standard InChI is InChI=1S/C16H11BrO4/c1-8-4-13-15(16(18)21-8)14-9(7-20-13)6-19-12-3-2-10(17)5-11(12)14/h2-5,7,14H,6H2,1H3.